The number of carbonyl (C=O) groups excluding carboxylic acids is 3. The molecule has 76 heavy (non-hydrogen) atoms. The molecule has 4 heterocycles. The molecule has 25 heteroatoms. The van der Waals surface area contributed by atoms with Gasteiger partial charge in [0.15, 0.2) is 25.0 Å². The molecule has 12 N–H and O–H groups in total. The highest BCUT2D eigenvalue weighted by molar-refractivity contribution is 5.79. The third-order valence-corrected chi connectivity index (χ3v) is 14.9. The molecule has 9 unspecified atom stereocenters. The molecular formula is C51H75N3O22. The van der Waals surface area contributed by atoms with Crippen LogP contribution in [-0.4, -0.2) is 219 Å². The lowest BCUT2D eigenvalue weighted by atomic mass is 9.80. The number of carboxylic acid groups (broad SMARTS) is 1. The van der Waals surface area contributed by atoms with Gasteiger partial charge in [-0.3, -0.25) is 14.4 Å². The molecule has 7 rings (SSSR count). The lowest BCUT2D eigenvalue weighted by molar-refractivity contribution is -0.335. The van der Waals surface area contributed by atoms with E-state index in [2.05, 4.69) is 22.5 Å². The molecule has 0 radical (unpaired) electrons. The Morgan fingerprint density at radius 1 is 0.750 bits per heavy atom. The van der Waals surface area contributed by atoms with E-state index in [1.165, 1.54) is 13.8 Å². The van der Waals surface area contributed by atoms with Gasteiger partial charge in [-0.2, -0.15) is 0 Å². The fourth-order valence-corrected chi connectivity index (χ4v) is 10.8. The van der Waals surface area contributed by atoms with Gasteiger partial charge in [-0.25, -0.2) is 4.79 Å². The number of benzene rings is 1. The molecule has 0 aromatic heterocycles. The van der Waals surface area contributed by atoms with E-state index in [1.54, 1.807) is 12.1 Å². The van der Waals surface area contributed by atoms with Gasteiger partial charge in [-0.1, -0.05) is 56.9 Å². The highest BCUT2D eigenvalue weighted by atomic mass is 16.7. The molecule has 25 nitrogen and oxygen atoms in total. The summed E-state index contributed by atoms with van der Waals surface area (Å²) in [6.45, 7) is 5.62. The van der Waals surface area contributed by atoms with Crippen LogP contribution in [0.1, 0.15) is 77.7 Å². The van der Waals surface area contributed by atoms with Gasteiger partial charge in [0, 0.05) is 37.4 Å². The summed E-state index contributed by atoms with van der Waals surface area (Å²) in [7, 11) is 0. The molecule has 5 fully saturated rings. The molecule has 1 aromatic rings. The average Bonchev–Trinajstić information content (AvgIpc) is 3.39. The van der Waals surface area contributed by atoms with Crippen molar-refractivity contribution in [3.05, 3.63) is 47.7 Å². The molecule has 20 atom stereocenters. The van der Waals surface area contributed by atoms with E-state index in [0.29, 0.717) is 17.1 Å². The van der Waals surface area contributed by atoms with Crippen LogP contribution in [0.4, 0.5) is 0 Å². The summed E-state index contributed by atoms with van der Waals surface area (Å²) in [5.74, 6) is -3.31. The predicted octanol–water partition coefficient (Wildman–Crippen LogP) is -2.16. The van der Waals surface area contributed by atoms with E-state index in [4.69, 9.17) is 42.6 Å². The number of carbonyl (C=O) groups is 4. The zero-order valence-electron chi connectivity index (χ0n) is 42.7. The average molecular weight is 1080 g/mol. The highest BCUT2D eigenvalue weighted by Crippen LogP contribution is 2.38. The summed E-state index contributed by atoms with van der Waals surface area (Å²) in [4.78, 5) is 52.7. The molecule has 4 aliphatic heterocycles. The molecule has 2 aliphatic carbocycles. The number of fused-ring (bicyclic) bond motifs is 1. The van der Waals surface area contributed by atoms with Gasteiger partial charge in [-0.15, -0.1) is 0 Å². The minimum Gasteiger partial charge on any atom is -0.479 e. The molecule has 6 aliphatic rings. The van der Waals surface area contributed by atoms with Crippen LogP contribution in [0.3, 0.4) is 0 Å². The Kier molecular flexibility index (Phi) is 21.2. The molecule has 426 valence electrons. The highest BCUT2D eigenvalue weighted by Gasteiger charge is 2.54. The van der Waals surface area contributed by atoms with Crippen LogP contribution in [0, 0.1) is 11.8 Å². The Morgan fingerprint density at radius 2 is 1.42 bits per heavy atom. The Bertz CT molecular complexity index is 2160. The van der Waals surface area contributed by atoms with E-state index < -0.39 is 159 Å². The van der Waals surface area contributed by atoms with Gasteiger partial charge < -0.3 is 105 Å². The summed E-state index contributed by atoms with van der Waals surface area (Å²) >= 11 is 0. The van der Waals surface area contributed by atoms with Crippen LogP contribution < -0.4 is 20.7 Å². The van der Waals surface area contributed by atoms with Crippen molar-refractivity contribution < 1.29 is 108 Å². The first-order valence-corrected chi connectivity index (χ1v) is 26.0. The van der Waals surface area contributed by atoms with Crippen molar-refractivity contribution in [2.45, 2.75) is 189 Å². The Labute approximate surface area is 439 Å². The maximum atomic E-state index is 14.2. The minimum absolute atomic E-state index is 0.00515. The summed E-state index contributed by atoms with van der Waals surface area (Å²) in [5, 5.41) is 105. The second kappa shape index (κ2) is 27.1. The van der Waals surface area contributed by atoms with E-state index in [0.717, 1.165) is 44.6 Å². The van der Waals surface area contributed by atoms with Crippen LogP contribution in [-0.2, 0) is 57.1 Å². The molecule has 2 saturated carbocycles. The van der Waals surface area contributed by atoms with E-state index in [9.17, 15) is 65.1 Å². The van der Waals surface area contributed by atoms with Crippen LogP contribution in [0.2, 0.25) is 0 Å². The molecule has 3 amide bonds. The van der Waals surface area contributed by atoms with Gasteiger partial charge in [0.1, 0.15) is 84.7 Å². The molecular weight excluding hydrogens is 1010 g/mol. The number of aliphatic carboxylic acids is 1. The predicted molar refractivity (Wildman–Crippen MR) is 260 cm³/mol. The maximum Gasteiger partial charge on any atom is 0.332 e. The standard InChI is InChI=1S/C51H75N3O22/c1-23-30(17-28-12-8-9-13-32(28)70-23)22-69-46-40(61)36(21-56)75-50(43(46)64)68-15-14-52-47(65)29-18-31(53-25(3)57)44(76-51-42(63)41(62)38(59)24(2)71-51)33(19-29)73-49-37(54-26(4)58)45(39(60)35(20-55)74-49)72-34(48(66)67)16-27-10-6-5-7-11-27/h8-9,12-13,17,24,27,29,31,33-46,49-51,55-56,59-64H,1,5-7,10-11,14-16,18-22H2,2-4H3,(H,52,65)(H,53,57)(H,54,58)(H,66,67)/t24?,29?,31?,33-,34+,35+,36?,37?,38-,39+,40-,41+,42?,43?,44-,45?,46?,49-,50+,51+/m1/s1. The number of ether oxygens (including phenoxy) is 9. The van der Waals surface area contributed by atoms with Crippen molar-refractivity contribution in [2.75, 3.05) is 33.0 Å². The normalized spacial score (nSPS) is 37.4. The van der Waals surface area contributed by atoms with E-state index >= 15 is 0 Å². The van der Waals surface area contributed by atoms with E-state index in [-0.39, 0.29) is 44.9 Å². The van der Waals surface area contributed by atoms with Crippen molar-refractivity contribution >= 4 is 29.8 Å². The molecule has 0 bridgehead atoms. The topological polar surface area (TPSA) is 370 Å². The fourth-order valence-electron chi connectivity index (χ4n) is 10.8. The van der Waals surface area contributed by atoms with Crippen LogP contribution in [0.25, 0.3) is 6.08 Å². The van der Waals surface area contributed by atoms with Crippen molar-refractivity contribution in [3.63, 3.8) is 0 Å². The first-order chi connectivity index (χ1) is 36.3. The quantitative estimate of drug-likeness (QED) is 0.0583. The zero-order valence-corrected chi connectivity index (χ0v) is 42.7. The number of aliphatic hydroxyl groups excluding tert-OH is 8. The second-order valence-electron chi connectivity index (χ2n) is 20.4. The monoisotopic (exact) mass is 1080 g/mol. The number of carboxylic acids is 1. The number of aliphatic hydroxyl groups is 8. The van der Waals surface area contributed by atoms with Crippen LogP contribution in [0.15, 0.2) is 42.2 Å². The smallest absolute Gasteiger partial charge is 0.332 e. The largest absolute Gasteiger partial charge is 0.479 e. The van der Waals surface area contributed by atoms with Gasteiger partial charge in [0.25, 0.3) is 0 Å². The minimum atomic E-state index is -1.83. The Hall–Kier alpha value is -4.26. The summed E-state index contributed by atoms with van der Waals surface area (Å²) in [6.07, 6.45) is -19.6. The lowest BCUT2D eigenvalue weighted by Gasteiger charge is -2.49. The Morgan fingerprint density at radius 3 is 2.09 bits per heavy atom. The maximum absolute atomic E-state index is 14.2. The second-order valence-corrected chi connectivity index (χ2v) is 20.4. The summed E-state index contributed by atoms with van der Waals surface area (Å²) < 4.78 is 54.3. The number of amides is 3. The third kappa shape index (κ3) is 14.5. The third-order valence-electron chi connectivity index (χ3n) is 14.9. The number of para-hydroxylation sites is 1. The van der Waals surface area contributed by atoms with Crippen molar-refractivity contribution in [2.24, 2.45) is 11.8 Å². The molecule has 0 spiro atoms. The number of hydrogen-bond acceptors (Lipinski definition) is 21. The number of hydrogen-bond donors (Lipinski definition) is 12. The fraction of sp³-hybridized carbons (Fsp3) is 0.725. The Balaban J connectivity index is 1.08. The zero-order chi connectivity index (χ0) is 55.0. The molecule has 1 aromatic carbocycles. The summed E-state index contributed by atoms with van der Waals surface area (Å²) in [5.41, 5.74) is 1.30. The van der Waals surface area contributed by atoms with Crippen LogP contribution >= 0.6 is 0 Å². The first-order valence-electron chi connectivity index (χ1n) is 26.0. The number of rotatable bonds is 21. The summed E-state index contributed by atoms with van der Waals surface area (Å²) in [6, 6.07) is 4.65. The first kappa shape index (κ1) is 59.4. The van der Waals surface area contributed by atoms with Crippen LogP contribution in [0.5, 0.6) is 5.75 Å². The van der Waals surface area contributed by atoms with Gasteiger partial charge in [0.05, 0.1) is 44.7 Å². The van der Waals surface area contributed by atoms with Gasteiger partial charge in [0.2, 0.25) is 17.7 Å². The van der Waals surface area contributed by atoms with Gasteiger partial charge in [-0.05, 0) is 44.2 Å². The van der Waals surface area contributed by atoms with Gasteiger partial charge >= 0.3 is 5.97 Å². The molecule has 3 saturated heterocycles. The lowest BCUT2D eigenvalue weighted by Crippen LogP contribution is -2.68. The van der Waals surface area contributed by atoms with Crippen molar-refractivity contribution in [3.8, 4) is 5.75 Å². The SMILES string of the molecule is C=C1Oc2ccccc2C=C1COC1C(O)[C@@H](OCCNC(=O)C2CC(NC(C)=O)[C@@H](O[C@@H]3OC(C)[C@@H](O)[C@H](O)C3O)[C@H](O[C@@H]3O[C@@H](CO)[C@H](O)C(O[C@@H](CC4CCCCC4)C(=O)O)C3NC(C)=O)C2)OC(CO)[C@H]1O. The van der Waals surface area contributed by atoms with Crippen molar-refractivity contribution in [1.29, 1.82) is 0 Å². The number of nitrogens with one attached hydrogen (secondary N) is 3. The van der Waals surface area contributed by atoms with Crippen molar-refractivity contribution in [1.82, 2.24) is 16.0 Å². The van der Waals surface area contributed by atoms with E-state index in [1.807, 2.05) is 18.2 Å².